The average molecular weight is 477 g/mol. The zero-order valence-corrected chi connectivity index (χ0v) is 18.9. The molecule has 1 saturated carbocycles. The van der Waals surface area contributed by atoms with Crippen LogP contribution in [0.25, 0.3) is 11.1 Å². The number of para-hydroxylation sites is 1. The van der Waals surface area contributed by atoms with Crippen LogP contribution in [0.5, 0.6) is 5.75 Å². The summed E-state index contributed by atoms with van der Waals surface area (Å²) in [6.07, 6.45) is -1.42. The van der Waals surface area contributed by atoms with Crippen molar-refractivity contribution in [3.05, 3.63) is 54.1 Å². The van der Waals surface area contributed by atoms with Gasteiger partial charge in [-0.05, 0) is 30.0 Å². The van der Waals surface area contributed by atoms with Crippen molar-refractivity contribution in [3.8, 4) is 16.9 Å². The molecule has 1 amide bonds. The number of carbonyl (C=O) groups is 1. The first-order valence-corrected chi connectivity index (χ1v) is 12.7. The summed E-state index contributed by atoms with van der Waals surface area (Å²) in [6, 6.07) is 13.2. The minimum Gasteiger partial charge on any atom is -0.492 e. The number of amides is 1. The Morgan fingerprint density at radius 1 is 1.12 bits per heavy atom. The van der Waals surface area contributed by atoms with Crippen molar-refractivity contribution in [2.75, 3.05) is 13.2 Å². The highest BCUT2D eigenvalue weighted by Gasteiger charge is 2.57. The first-order valence-electron chi connectivity index (χ1n) is 11.2. The number of nitrogens with one attached hydrogen (secondary N) is 1. The van der Waals surface area contributed by atoms with Crippen LogP contribution in [0.2, 0.25) is 0 Å². The van der Waals surface area contributed by atoms with Crippen LogP contribution >= 0.6 is 0 Å². The molecule has 2 aliphatic heterocycles. The van der Waals surface area contributed by atoms with E-state index in [1.807, 2.05) is 48.5 Å². The number of sulfonamides is 1. The van der Waals surface area contributed by atoms with Crippen LogP contribution in [-0.2, 0) is 21.2 Å². The molecule has 0 aromatic heterocycles. The number of benzene rings is 2. The Morgan fingerprint density at radius 3 is 2.70 bits per heavy atom. The Hall–Kier alpha value is -2.52. The molecule has 9 heteroatoms. The monoisotopic (exact) mass is 476 g/mol. The fourth-order valence-corrected chi connectivity index (χ4v) is 6.24. The molecule has 6 nitrogen and oxygen atoms in total. The molecule has 2 aromatic rings. The van der Waals surface area contributed by atoms with Gasteiger partial charge in [-0.1, -0.05) is 42.5 Å². The van der Waals surface area contributed by atoms with Gasteiger partial charge in [0.25, 0.3) is 0 Å². The Morgan fingerprint density at radius 2 is 1.91 bits per heavy atom. The highest BCUT2D eigenvalue weighted by Crippen LogP contribution is 2.45. The van der Waals surface area contributed by atoms with E-state index in [4.69, 9.17) is 4.74 Å². The highest BCUT2D eigenvalue weighted by molar-refractivity contribution is 7.91. The molecular weight excluding hydrogens is 450 g/mol. The van der Waals surface area contributed by atoms with Gasteiger partial charge in [0.2, 0.25) is 20.9 Å². The molecule has 2 heterocycles. The maximum Gasteiger partial charge on any atom is 0.247 e. The molecule has 1 saturated heterocycles. The first kappa shape index (κ1) is 22.3. The quantitative estimate of drug-likeness (QED) is 0.737. The summed E-state index contributed by atoms with van der Waals surface area (Å²) in [6.45, 7) is 0.307. The molecule has 3 aliphatic rings. The van der Waals surface area contributed by atoms with Gasteiger partial charge in [0.15, 0.2) is 0 Å². The number of alkyl halides is 2. The zero-order chi connectivity index (χ0) is 23.2. The Bertz CT molecular complexity index is 1170. The molecule has 0 unspecified atom stereocenters. The van der Waals surface area contributed by atoms with Crippen molar-refractivity contribution in [1.29, 1.82) is 0 Å². The van der Waals surface area contributed by atoms with E-state index in [0.29, 0.717) is 5.75 Å². The SMILES string of the molecule is O=C1CCOc2ccccc2-c2cccc(c2)C[C@H]2[C@@H](NS(=O)(=O)C3(F)CC3)[C@@H](F)CCN12. The summed E-state index contributed by atoms with van der Waals surface area (Å²) in [4.78, 5) is 14.6. The number of nitrogens with zero attached hydrogens (tertiary/aromatic N) is 1. The van der Waals surface area contributed by atoms with Crippen LogP contribution in [-0.4, -0.2) is 55.6 Å². The molecule has 2 bridgehead atoms. The van der Waals surface area contributed by atoms with Crippen molar-refractivity contribution in [3.63, 3.8) is 0 Å². The van der Waals surface area contributed by atoms with Crippen molar-refractivity contribution in [2.24, 2.45) is 0 Å². The van der Waals surface area contributed by atoms with Gasteiger partial charge >= 0.3 is 0 Å². The fraction of sp³-hybridized carbons (Fsp3) is 0.458. The smallest absolute Gasteiger partial charge is 0.247 e. The van der Waals surface area contributed by atoms with Crippen LogP contribution in [0.1, 0.15) is 31.2 Å². The average Bonchev–Trinajstić information content (AvgIpc) is 3.55. The lowest BCUT2D eigenvalue weighted by Crippen LogP contribution is -2.63. The fourth-order valence-electron chi connectivity index (χ4n) is 4.72. The number of fused-ring (bicyclic) bond motifs is 5. The number of hydrogen-bond donors (Lipinski definition) is 1. The molecule has 0 radical (unpaired) electrons. The molecule has 5 rings (SSSR count). The third-order valence-electron chi connectivity index (χ3n) is 6.73. The molecule has 1 aliphatic carbocycles. The number of hydrogen-bond acceptors (Lipinski definition) is 4. The summed E-state index contributed by atoms with van der Waals surface area (Å²) in [5.74, 6) is 0.428. The number of piperidine rings is 1. The largest absolute Gasteiger partial charge is 0.492 e. The minimum absolute atomic E-state index is 0.0154. The van der Waals surface area contributed by atoms with E-state index in [1.165, 1.54) is 4.90 Å². The van der Waals surface area contributed by atoms with Gasteiger partial charge < -0.3 is 9.64 Å². The number of carbonyl (C=O) groups excluding carboxylic acids is 1. The van der Waals surface area contributed by atoms with E-state index in [0.717, 1.165) is 16.7 Å². The zero-order valence-electron chi connectivity index (χ0n) is 18.0. The molecule has 176 valence electrons. The second kappa shape index (κ2) is 8.36. The molecule has 3 atom stereocenters. The van der Waals surface area contributed by atoms with Gasteiger partial charge in [-0.15, -0.1) is 0 Å². The highest BCUT2D eigenvalue weighted by atomic mass is 32.2. The summed E-state index contributed by atoms with van der Waals surface area (Å²) in [5, 5.41) is -2.35. The van der Waals surface area contributed by atoms with E-state index in [1.54, 1.807) is 0 Å². The van der Waals surface area contributed by atoms with E-state index in [-0.39, 0.29) is 51.2 Å². The van der Waals surface area contributed by atoms with Gasteiger partial charge in [0, 0.05) is 24.9 Å². The number of ether oxygens (including phenoxy) is 1. The molecular formula is C24H26F2N2O4S. The van der Waals surface area contributed by atoms with Gasteiger partial charge in [-0.3, -0.25) is 4.79 Å². The number of rotatable bonds is 3. The molecule has 1 N–H and O–H groups in total. The maximum atomic E-state index is 15.1. The molecule has 0 spiro atoms. The lowest BCUT2D eigenvalue weighted by Gasteiger charge is -2.43. The maximum absolute atomic E-state index is 15.1. The van der Waals surface area contributed by atoms with Crippen molar-refractivity contribution >= 4 is 15.9 Å². The topological polar surface area (TPSA) is 75.7 Å². The van der Waals surface area contributed by atoms with Crippen LogP contribution < -0.4 is 9.46 Å². The van der Waals surface area contributed by atoms with Crippen molar-refractivity contribution in [1.82, 2.24) is 9.62 Å². The Labute approximate surface area is 192 Å². The second-order valence-electron chi connectivity index (χ2n) is 8.99. The predicted octanol–water partition coefficient (Wildman–Crippen LogP) is 3.37. The summed E-state index contributed by atoms with van der Waals surface area (Å²) >= 11 is 0. The lowest BCUT2D eigenvalue weighted by atomic mass is 9.89. The van der Waals surface area contributed by atoms with E-state index >= 15 is 4.39 Å². The Balaban J connectivity index is 1.54. The second-order valence-corrected chi connectivity index (χ2v) is 11.0. The lowest BCUT2D eigenvalue weighted by molar-refractivity contribution is -0.137. The van der Waals surface area contributed by atoms with Crippen LogP contribution in [0.4, 0.5) is 8.78 Å². The summed E-state index contributed by atoms with van der Waals surface area (Å²) in [5.41, 5.74) is 2.61. The van der Waals surface area contributed by atoms with Crippen molar-refractivity contribution in [2.45, 2.75) is 55.4 Å². The van der Waals surface area contributed by atoms with Gasteiger partial charge in [0.1, 0.15) is 11.9 Å². The first-order chi connectivity index (χ1) is 15.8. The van der Waals surface area contributed by atoms with Crippen LogP contribution in [0, 0.1) is 0 Å². The number of halogens is 2. The van der Waals surface area contributed by atoms with Crippen molar-refractivity contribution < 1.29 is 26.7 Å². The van der Waals surface area contributed by atoms with Gasteiger partial charge in [0.05, 0.1) is 25.1 Å². The standard InChI is InChI=1S/C24H26F2N2O4S/c25-19-8-12-28-20(23(19)27-33(30,31)24(26)10-11-24)15-16-4-3-5-17(14-16)18-6-1-2-7-21(18)32-13-9-22(28)29/h1-7,14,19-20,23,27H,8-13,15H2/t19-,20-,23-/m0/s1. The van der Waals surface area contributed by atoms with E-state index < -0.39 is 33.3 Å². The van der Waals surface area contributed by atoms with Crippen LogP contribution in [0.3, 0.4) is 0 Å². The van der Waals surface area contributed by atoms with E-state index in [2.05, 4.69) is 4.72 Å². The van der Waals surface area contributed by atoms with E-state index in [9.17, 15) is 17.6 Å². The third kappa shape index (κ3) is 4.24. The van der Waals surface area contributed by atoms with Crippen LogP contribution in [0.15, 0.2) is 48.5 Å². The third-order valence-corrected chi connectivity index (χ3v) is 8.68. The summed E-state index contributed by atoms with van der Waals surface area (Å²) in [7, 11) is -4.37. The Kier molecular flexibility index (Phi) is 5.64. The molecule has 2 fully saturated rings. The molecule has 33 heavy (non-hydrogen) atoms. The minimum atomic E-state index is -4.37. The predicted molar refractivity (Wildman–Crippen MR) is 120 cm³/mol. The summed E-state index contributed by atoms with van der Waals surface area (Å²) < 4.78 is 63.0. The van der Waals surface area contributed by atoms with Gasteiger partial charge in [-0.25, -0.2) is 21.9 Å². The normalized spacial score (nSPS) is 26.8. The van der Waals surface area contributed by atoms with Gasteiger partial charge in [-0.2, -0.15) is 0 Å². The molecule has 2 aromatic carbocycles.